The number of likely N-dealkylation sites (tertiary alicyclic amines) is 1. The fourth-order valence-corrected chi connectivity index (χ4v) is 4.34. The quantitative estimate of drug-likeness (QED) is 0.737. The van der Waals surface area contributed by atoms with Gasteiger partial charge in [0.25, 0.3) is 0 Å². The normalized spacial score (nSPS) is 20.9. The summed E-state index contributed by atoms with van der Waals surface area (Å²) >= 11 is 12.3. The first-order valence-corrected chi connectivity index (χ1v) is 10.6. The molecule has 0 aliphatic carbocycles. The second kappa shape index (κ2) is 9.81. The molecule has 2 aliphatic rings. The fraction of sp³-hybridized carbons (Fsp3) is 0.600. The number of hydrogen-bond donors (Lipinski definition) is 0. The van der Waals surface area contributed by atoms with Crippen molar-refractivity contribution in [1.29, 1.82) is 0 Å². The zero-order valence-corrected chi connectivity index (χ0v) is 17.7. The van der Waals surface area contributed by atoms with Crippen LogP contribution in [0.15, 0.2) is 18.2 Å². The van der Waals surface area contributed by atoms with Crippen LogP contribution < -0.4 is 0 Å². The number of ether oxygens (including phenoxy) is 1. The lowest BCUT2D eigenvalue weighted by atomic mass is 9.95. The zero-order valence-electron chi connectivity index (χ0n) is 16.2. The molecule has 154 valence electrons. The molecular formula is C20H27Cl2N3O3. The lowest BCUT2D eigenvalue weighted by molar-refractivity contribution is -0.139. The first-order chi connectivity index (χ1) is 13.5. The summed E-state index contributed by atoms with van der Waals surface area (Å²) in [6, 6.07) is 5.55. The summed E-state index contributed by atoms with van der Waals surface area (Å²) in [5, 5.41) is 1.29. The highest BCUT2D eigenvalue weighted by molar-refractivity contribution is 6.35. The molecule has 1 aromatic rings. The molecule has 2 amide bonds. The number of piperidine rings is 1. The van der Waals surface area contributed by atoms with E-state index in [2.05, 4.69) is 4.90 Å². The number of carbonyl (C=O) groups excluding carboxylic acids is 2. The van der Waals surface area contributed by atoms with Gasteiger partial charge >= 0.3 is 6.09 Å². The van der Waals surface area contributed by atoms with E-state index < -0.39 is 0 Å². The Morgan fingerprint density at radius 1 is 1.11 bits per heavy atom. The van der Waals surface area contributed by atoms with E-state index in [1.165, 1.54) is 0 Å². The number of piperazine rings is 1. The van der Waals surface area contributed by atoms with Gasteiger partial charge in [-0.3, -0.25) is 9.69 Å². The van der Waals surface area contributed by atoms with E-state index in [0.29, 0.717) is 42.8 Å². The van der Waals surface area contributed by atoms with Gasteiger partial charge in [-0.15, -0.1) is 0 Å². The van der Waals surface area contributed by atoms with Crippen molar-refractivity contribution in [2.24, 2.45) is 5.92 Å². The van der Waals surface area contributed by atoms with E-state index in [1.54, 1.807) is 17.9 Å². The van der Waals surface area contributed by atoms with Crippen molar-refractivity contribution in [3.8, 4) is 0 Å². The van der Waals surface area contributed by atoms with Gasteiger partial charge in [0.15, 0.2) is 0 Å². The summed E-state index contributed by atoms with van der Waals surface area (Å²) in [4.78, 5) is 30.6. The summed E-state index contributed by atoms with van der Waals surface area (Å²) in [6.07, 6.45) is 1.60. The summed E-state index contributed by atoms with van der Waals surface area (Å²) in [6.45, 7) is 6.76. The molecule has 3 rings (SSSR count). The molecule has 0 bridgehead atoms. The molecule has 8 heteroatoms. The van der Waals surface area contributed by atoms with E-state index in [1.807, 2.05) is 17.0 Å². The molecule has 2 fully saturated rings. The van der Waals surface area contributed by atoms with Crippen LogP contribution in [0.4, 0.5) is 4.79 Å². The molecular weight excluding hydrogens is 401 g/mol. The highest BCUT2D eigenvalue weighted by Crippen LogP contribution is 2.26. The molecule has 1 aromatic carbocycles. The fourth-order valence-electron chi connectivity index (χ4n) is 3.87. The predicted molar refractivity (Wildman–Crippen MR) is 110 cm³/mol. The Bertz CT molecular complexity index is 708. The van der Waals surface area contributed by atoms with Gasteiger partial charge in [-0.1, -0.05) is 29.3 Å². The van der Waals surface area contributed by atoms with Crippen molar-refractivity contribution in [1.82, 2.24) is 14.7 Å². The van der Waals surface area contributed by atoms with Crippen LogP contribution in [0, 0.1) is 5.92 Å². The third-order valence-electron chi connectivity index (χ3n) is 5.38. The van der Waals surface area contributed by atoms with Gasteiger partial charge in [-0.2, -0.15) is 0 Å². The Morgan fingerprint density at radius 2 is 1.82 bits per heavy atom. The number of carbonyl (C=O) groups is 2. The highest BCUT2D eigenvalue weighted by atomic mass is 35.5. The standard InChI is InChI=1S/C20H27Cl2N3O3/c1-2-28-20(27)25-10-8-24(9-11-25)19(26)16-4-3-7-23(14-16)13-15-5-6-17(21)12-18(15)22/h5-6,12,16H,2-4,7-11,13-14H2,1H3. The molecule has 2 aliphatic heterocycles. The maximum atomic E-state index is 13.0. The smallest absolute Gasteiger partial charge is 0.409 e. The maximum Gasteiger partial charge on any atom is 0.409 e. The number of halogens is 2. The Balaban J connectivity index is 1.52. The van der Waals surface area contributed by atoms with Gasteiger partial charge in [-0.25, -0.2) is 4.79 Å². The average Bonchev–Trinajstić information content (AvgIpc) is 2.70. The maximum absolute atomic E-state index is 13.0. The van der Waals surface area contributed by atoms with Crippen LogP contribution >= 0.6 is 23.2 Å². The summed E-state index contributed by atoms with van der Waals surface area (Å²) in [5.41, 5.74) is 1.03. The molecule has 0 N–H and O–H groups in total. The van der Waals surface area contributed by atoms with Crippen molar-refractivity contribution in [2.45, 2.75) is 26.3 Å². The number of rotatable bonds is 4. The van der Waals surface area contributed by atoms with Crippen molar-refractivity contribution < 1.29 is 14.3 Å². The zero-order chi connectivity index (χ0) is 20.1. The van der Waals surface area contributed by atoms with E-state index in [0.717, 1.165) is 38.0 Å². The molecule has 0 radical (unpaired) electrons. The van der Waals surface area contributed by atoms with E-state index >= 15 is 0 Å². The Labute approximate surface area is 176 Å². The number of benzene rings is 1. The van der Waals surface area contributed by atoms with Gasteiger partial charge in [0.1, 0.15) is 0 Å². The molecule has 0 saturated carbocycles. The lowest BCUT2D eigenvalue weighted by Crippen LogP contribution is -2.53. The summed E-state index contributed by atoms with van der Waals surface area (Å²) < 4.78 is 5.04. The molecule has 28 heavy (non-hydrogen) atoms. The van der Waals surface area contributed by atoms with Crippen LogP contribution in [0.3, 0.4) is 0 Å². The second-order valence-corrected chi connectivity index (χ2v) is 8.16. The third-order valence-corrected chi connectivity index (χ3v) is 5.97. The molecule has 2 heterocycles. The topological polar surface area (TPSA) is 53.1 Å². The Kier molecular flexibility index (Phi) is 7.43. The summed E-state index contributed by atoms with van der Waals surface area (Å²) in [5.74, 6) is 0.185. The first kappa shape index (κ1) is 21.2. The van der Waals surface area contributed by atoms with Crippen LogP contribution in [0.2, 0.25) is 10.0 Å². The van der Waals surface area contributed by atoms with E-state index in [9.17, 15) is 9.59 Å². The average molecular weight is 428 g/mol. The molecule has 0 spiro atoms. The van der Waals surface area contributed by atoms with E-state index in [4.69, 9.17) is 27.9 Å². The van der Waals surface area contributed by atoms with Crippen LogP contribution in [0.25, 0.3) is 0 Å². The molecule has 1 atom stereocenters. The molecule has 6 nitrogen and oxygen atoms in total. The minimum atomic E-state index is -0.293. The van der Waals surface area contributed by atoms with Crippen molar-refractivity contribution in [3.63, 3.8) is 0 Å². The lowest BCUT2D eigenvalue weighted by Gasteiger charge is -2.38. The van der Waals surface area contributed by atoms with Crippen molar-refractivity contribution in [2.75, 3.05) is 45.9 Å². The largest absolute Gasteiger partial charge is 0.450 e. The van der Waals surface area contributed by atoms with Gasteiger partial charge in [0.05, 0.1) is 12.5 Å². The van der Waals surface area contributed by atoms with Gasteiger partial charge in [-0.05, 0) is 44.0 Å². The minimum Gasteiger partial charge on any atom is -0.450 e. The Hall–Kier alpha value is -1.50. The van der Waals surface area contributed by atoms with Crippen LogP contribution in [-0.4, -0.2) is 72.6 Å². The highest BCUT2D eigenvalue weighted by Gasteiger charge is 2.32. The minimum absolute atomic E-state index is 0.00558. The van der Waals surface area contributed by atoms with Gasteiger partial charge < -0.3 is 14.5 Å². The van der Waals surface area contributed by atoms with E-state index in [-0.39, 0.29) is 17.9 Å². The number of hydrogen-bond acceptors (Lipinski definition) is 4. The van der Waals surface area contributed by atoms with Crippen LogP contribution in [0.5, 0.6) is 0 Å². The monoisotopic (exact) mass is 427 g/mol. The van der Waals surface area contributed by atoms with Gasteiger partial charge in [0.2, 0.25) is 5.91 Å². The van der Waals surface area contributed by atoms with Crippen molar-refractivity contribution in [3.05, 3.63) is 33.8 Å². The predicted octanol–water partition coefficient (Wildman–Crippen LogP) is 3.51. The summed E-state index contributed by atoms with van der Waals surface area (Å²) in [7, 11) is 0. The third kappa shape index (κ3) is 5.31. The molecule has 0 aromatic heterocycles. The SMILES string of the molecule is CCOC(=O)N1CCN(C(=O)C2CCCN(Cc3ccc(Cl)cc3Cl)C2)CC1. The molecule has 1 unspecified atom stereocenters. The number of nitrogens with zero attached hydrogens (tertiary/aromatic N) is 3. The number of amides is 2. The van der Waals surface area contributed by atoms with Gasteiger partial charge in [0, 0.05) is 49.3 Å². The molecule has 2 saturated heterocycles. The second-order valence-electron chi connectivity index (χ2n) is 7.32. The Morgan fingerprint density at radius 3 is 2.50 bits per heavy atom. The van der Waals surface area contributed by atoms with Crippen molar-refractivity contribution >= 4 is 35.2 Å². The van der Waals surface area contributed by atoms with Crippen LogP contribution in [-0.2, 0) is 16.1 Å². The first-order valence-electron chi connectivity index (χ1n) is 9.84. The van der Waals surface area contributed by atoms with Crippen LogP contribution in [0.1, 0.15) is 25.3 Å².